The molecule has 7 heteroatoms. The topological polar surface area (TPSA) is 78.3 Å². The number of carbonyl (C=O) groups is 1. The fraction of sp³-hybridized carbons (Fsp3) is 0.400. The lowest BCUT2D eigenvalue weighted by atomic mass is 10.2. The molecule has 0 fully saturated rings. The van der Waals surface area contributed by atoms with Crippen molar-refractivity contribution in [2.24, 2.45) is 7.05 Å². The first-order valence-corrected chi connectivity index (χ1v) is 7.03. The van der Waals surface area contributed by atoms with E-state index < -0.39 is 0 Å². The van der Waals surface area contributed by atoms with Crippen molar-refractivity contribution in [3.05, 3.63) is 42.1 Å². The number of carbonyl (C=O) groups excluding carboxylic acids is 1. The standard InChI is InChI=1S/C15H20N4O3/c1-19-7-6-16-13(19)11-18-15(20)12-4-5-14(17-10-12)22-9-3-8-21-2/h4-7,10H,3,8-9,11H2,1-2H3,(H,18,20). The first kappa shape index (κ1) is 16.0. The fourth-order valence-corrected chi connectivity index (χ4v) is 1.81. The average molecular weight is 304 g/mol. The predicted molar refractivity (Wildman–Crippen MR) is 80.6 cm³/mol. The molecule has 2 aromatic rings. The predicted octanol–water partition coefficient (Wildman–Crippen LogP) is 1.16. The van der Waals surface area contributed by atoms with Gasteiger partial charge in [-0.3, -0.25) is 4.79 Å². The average Bonchev–Trinajstić information content (AvgIpc) is 2.95. The number of imidazole rings is 1. The van der Waals surface area contributed by atoms with Crippen LogP contribution < -0.4 is 10.1 Å². The second-order valence-electron chi connectivity index (χ2n) is 4.72. The zero-order valence-corrected chi connectivity index (χ0v) is 12.8. The van der Waals surface area contributed by atoms with E-state index in [0.29, 0.717) is 31.2 Å². The third-order valence-corrected chi connectivity index (χ3v) is 3.07. The molecule has 0 atom stereocenters. The number of ether oxygens (including phenoxy) is 2. The number of aromatic nitrogens is 3. The SMILES string of the molecule is COCCCOc1ccc(C(=O)NCc2nccn2C)cn1. The molecule has 2 heterocycles. The summed E-state index contributed by atoms with van der Waals surface area (Å²) in [5.41, 5.74) is 0.485. The molecule has 0 aliphatic carbocycles. The Morgan fingerprint density at radius 1 is 1.32 bits per heavy atom. The maximum atomic E-state index is 12.0. The van der Waals surface area contributed by atoms with Crippen molar-refractivity contribution < 1.29 is 14.3 Å². The van der Waals surface area contributed by atoms with Gasteiger partial charge in [-0.05, 0) is 6.07 Å². The minimum Gasteiger partial charge on any atom is -0.478 e. The van der Waals surface area contributed by atoms with Gasteiger partial charge in [0.1, 0.15) is 5.82 Å². The normalized spacial score (nSPS) is 10.5. The van der Waals surface area contributed by atoms with Gasteiger partial charge < -0.3 is 19.4 Å². The molecule has 2 aromatic heterocycles. The van der Waals surface area contributed by atoms with Crippen molar-refractivity contribution in [2.75, 3.05) is 20.3 Å². The number of hydrogen-bond donors (Lipinski definition) is 1. The Balaban J connectivity index is 1.81. The van der Waals surface area contributed by atoms with Crippen LogP contribution in [-0.4, -0.2) is 40.8 Å². The van der Waals surface area contributed by atoms with Crippen molar-refractivity contribution in [3.8, 4) is 5.88 Å². The summed E-state index contributed by atoms with van der Waals surface area (Å²) in [6.45, 7) is 1.55. The van der Waals surface area contributed by atoms with E-state index in [-0.39, 0.29) is 5.91 Å². The van der Waals surface area contributed by atoms with Crippen molar-refractivity contribution in [3.63, 3.8) is 0 Å². The molecule has 7 nitrogen and oxygen atoms in total. The highest BCUT2D eigenvalue weighted by molar-refractivity contribution is 5.93. The van der Waals surface area contributed by atoms with Gasteiger partial charge in [0.25, 0.3) is 5.91 Å². The summed E-state index contributed by atoms with van der Waals surface area (Å²) in [7, 11) is 3.53. The largest absolute Gasteiger partial charge is 0.478 e. The van der Waals surface area contributed by atoms with E-state index in [4.69, 9.17) is 9.47 Å². The lowest BCUT2D eigenvalue weighted by molar-refractivity contribution is 0.0949. The van der Waals surface area contributed by atoms with Crippen LogP contribution in [0.5, 0.6) is 5.88 Å². The zero-order valence-electron chi connectivity index (χ0n) is 12.8. The number of rotatable bonds is 8. The third-order valence-electron chi connectivity index (χ3n) is 3.07. The second-order valence-corrected chi connectivity index (χ2v) is 4.72. The van der Waals surface area contributed by atoms with E-state index in [1.807, 2.05) is 17.8 Å². The van der Waals surface area contributed by atoms with E-state index in [9.17, 15) is 4.79 Å². The summed E-state index contributed by atoms with van der Waals surface area (Å²) in [4.78, 5) is 20.3. The van der Waals surface area contributed by atoms with Gasteiger partial charge in [0.2, 0.25) is 5.88 Å². The molecule has 0 unspecified atom stereocenters. The minimum absolute atomic E-state index is 0.193. The van der Waals surface area contributed by atoms with E-state index in [0.717, 1.165) is 12.2 Å². The molecule has 0 radical (unpaired) electrons. The van der Waals surface area contributed by atoms with Crippen LogP contribution in [0.15, 0.2) is 30.7 Å². The van der Waals surface area contributed by atoms with E-state index >= 15 is 0 Å². The Morgan fingerprint density at radius 3 is 2.82 bits per heavy atom. The molecular formula is C15H20N4O3. The number of methoxy groups -OCH3 is 1. The Morgan fingerprint density at radius 2 is 2.18 bits per heavy atom. The van der Waals surface area contributed by atoms with Crippen LogP contribution in [-0.2, 0) is 18.3 Å². The van der Waals surface area contributed by atoms with Crippen LogP contribution in [0.3, 0.4) is 0 Å². The number of nitrogens with zero attached hydrogens (tertiary/aromatic N) is 3. The van der Waals surface area contributed by atoms with Gasteiger partial charge in [-0.2, -0.15) is 0 Å². The zero-order chi connectivity index (χ0) is 15.8. The highest BCUT2D eigenvalue weighted by Crippen LogP contribution is 2.08. The van der Waals surface area contributed by atoms with Crippen molar-refractivity contribution in [1.82, 2.24) is 19.9 Å². The smallest absolute Gasteiger partial charge is 0.253 e. The number of amides is 1. The van der Waals surface area contributed by atoms with Crippen molar-refractivity contribution in [2.45, 2.75) is 13.0 Å². The van der Waals surface area contributed by atoms with Crippen molar-refractivity contribution >= 4 is 5.91 Å². The van der Waals surface area contributed by atoms with Gasteiger partial charge in [-0.15, -0.1) is 0 Å². The molecule has 1 N–H and O–H groups in total. The highest BCUT2D eigenvalue weighted by atomic mass is 16.5. The van der Waals surface area contributed by atoms with Crippen LogP contribution in [0.2, 0.25) is 0 Å². The van der Waals surface area contributed by atoms with E-state index in [1.165, 1.54) is 6.20 Å². The molecule has 1 amide bonds. The summed E-state index contributed by atoms with van der Waals surface area (Å²) >= 11 is 0. The Kier molecular flexibility index (Phi) is 5.91. The van der Waals surface area contributed by atoms with Gasteiger partial charge in [0.05, 0.1) is 18.7 Å². The summed E-state index contributed by atoms with van der Waals surface area (Å²) in [5.74, 6) is 1.09. The first-order valence-electron chi connectivity index (χ1n) is 7.03. The van der Waals surface area contributed by atoms with E-state index in [1.54, 1.807) is 25.4 Å². The van der Waals surface area contributed by atoms with E-state index in [2.05, 4.69) is 15.3 Å². The number of nitrogens with one attached hydrogen (secondary N) is 1. The molecule has 0 saturated heterocycles. The van der Waals surface area contributed by atoms with Gasteiger partial charge in [0, 0.05) is 51.8 Å². The minimum atomic E-state index is -0.193. The van der Waals surface area contributed by atoms with Crippen LogP contribution in [0.25, 0.3) is 0 Å². The quantitative estimate of drug-likeness (QED) is 0.740. The van der Waals surface area contributed by atoms with Gasteiger partial charge in [-0.25, -0.2) is 9.97 Å². The number of pyridine rings is 1. The Labute approximate surface area is 129 Å². The number of hydrogen-bond acceptors (Lipinski definition) is 5. The van der Waals surface area contributed by atoms with Gasteiger partial charge in [0.15, 0.2) is 0 Å². The maximum Gasteiger partial charge on any atom is 0.253 e. The molecule has 2 rings (SSSR count). The molecule has 118 valence electrons. The molecule has 0 aliphatic heterocycles. The summed E-state index contributed by atoms with van der Waals surface area (Å²) < 4.78 is 12.2. The van der Waals surface area contributed by atoms with Crippen LogP contribution in [0.4, 0.5) is 0 Å². The first-order chi connectivity index (χ1) is 10.7. The molecule has 0 aromatic carbocycles. The molecule has 0 spiro atoms. The van der Waals surface area contributed by atoms with Crippen LogP contribution in [0.1, 0.15) is 22.6 Å². The summed E-state index contributed by atoms with van der Waals surface area (Å²) in [5, 5.41) is 2.80. The van der Waals surface area contributed by atoms with Gasteiger partial charge >= 0.3 is 0 Å². The molecule has 0 bridgehead atoms. The van der Waals surface area contributed by atoms with Crippen LogP contribution in [0, 0.1) is 0 Å². The Hall–Kier alpha value is -2.41. The van der Waals surface area contributed by atoms with Crippen LogP contribution >= 0.6 is 0 Å². The Bertz CT molecular complexity index is 595. The van der Waals surface area contributed by atoms with Gasteiger partial charge in [-0.1, -0.05) is 0 Å². The monoisotopic (exact) mass is 304 g/mol. The fourth-order valence-electron chi connectivity index (χ4n) is 1.81. The van der Waals surface area contributed by atoms with Crippen molar-refractivity contribution in [1.29, 1.82) is 0 Å². The molecule has 22 heavy (non-hydrogen) atoms. The second kappa shape index (κ2) is 8.14. The number of aryl methyl sites for hydroxylation is 1. The summed E-state index contributed by atoms with van der Waals surface area (Å²) in [6, 6.07) is 3.37. The molecular weight excluding hydrogens is 284 g/mol. The third kappa shape index (κ3) is 4.56. The highest BCUT2D eigenvalue weighted by Gasteiger charge is 2.08. The summed E-state index contributed by atoms with van der Waals surface area (Å²) in [6.07, 6.45) is 5.82. The molecule has 0 aliphatic rings. The molecule has 0 saturated carbocycles. The lowest BCUT2D eigenvalue weighted by Crippen LogP contribution is -2.24. The lowest BCUT2D eigenvalue weighted by Gasteiger charge is -2.07. The maximum absolute atomic E-state index is 12.0.